The van der Waals surface area contributed by atoms with E-state index in [1.54, 1.807) is 0 Å². The van der Waals surface area contributed by atoms with Crippen molar-refractivity contribution >= 4 is 29.3 Å². The van der Waals surface area contributed by atoms with E-state index in [1.165, 1.54) is 13.1 Å². The molecule has 0 aliphatic rings. The Morgan fingerprint density at radius 3 is 2.64 bits per heavy atom. The Labute approximate surface area is 144 Å². The molecule has 0 spiro atoms. The average Bonchev–Trinajstić information content (AvgIpc) is 3.06. The molecule has 0 unspecified atom stereocenters. The van der Waals surface area contributed by atoms with Gasteiger partial charge in [0.15, 0.2) is 17.5 Å². The summed E-state index contributed by atoms with van der Waals surface area (Å²) in [6.45, 7) is 2.51. The number of halogens is 3. The van der Waals surface area contributed by atoms with Crippen LogP contribution in [-0.2, 0) is 9.53 Å². The molecule has 0 aliphatic carbocycles. The molecule has 1 heterocycles. The molecule has 132 valence electrons. The van der Waals surface area contributed by atoms with Gasteiger partial charge < -0.3 is 10.1 Å². The minimum absolute atomic E-state index is 0.0407. The first-order valence-corrected chi connectivity index (χ1v) is 7.70. The van der Waals surface area contributed by atoms with Gasteiger partial charge >= 0.3 is 5.97 Å². The first-order valence-electron chi connectivity index (χ1n) is 6.97. The number of carbonyl (C=O) groups excluding carboxylic acids is 2. The fraction of sp³-hybridized carbons (Fsp3) is 0.200. The first kappa shape index (κ1) is 18.6. The predicted molar refractivity (Wildman–Crippen MR) is 83.6 cm³/mol. The molecule has 1 aromatic heterocycles. The lowest BCUT2D eigenvalue weighted by Gasteiger charge is -2.11. The maximum atomic E-state index is 14.0. The van der Waals surface area contributed by atoms with Gasteiger partial charge in [0.05, 0.1) is 30.1 Å². The Kier molecular flexibility index (Phi) is 5.86. The molecular formula is C15H12F3N3O3S. The van der Waals surface area contributed by atoms with Gasteiger partial charge in [-0.15, -0.1) is 0 Å². The molecule has 25 heavy (non-hydrogen) atoms. The average molecular weight is 371 g/mol. The van der Waals surface area contributed by atoms with Crippen LogP contribution in [-0.4, -0.2) is 27.1 Å². The highest BCUT2D eigenvalue weighted by Gasteiger charge is 2.28. The molecule has 0 radical (unpaired) electrons. The second-order valence-electron chi connectivity index (χ2n) is 4.70. The summed E-state index contributed by atoms with van der Waals surface area (Å²) in [6.07, 6.45) is 2.29. The van der Waals surface area contributed by atoms with Crippen molar-refractivity contribution in [2.45, 2.75) is 13.8 Å². The lowest BCUT2D eigenvalue weighted by Crippen LogP contribution is -2.20. The Hall–Kier alpha value is -2.75. The predicted octanol–water partition coefficient (Wildman–Crippen LogP) is 3.01. The van der Waals surface area contributed by atoms with Crippen LogP contribution in [0.2, 0.25) is 0 Å². The van der Waals surface area contributed by atoms with Crippen molar-refractivity contribution in [3.8, 4) is 0 Å². The number of hydrogen-bond donors (Lipinski definition) is 1. The summed E-state index contributed by atoms with van der Waals surface area (Å²) in [5.41, 5.74) is -1.90. The summed E-state index contributed by atoms with van der Waals surface area (Å²) in [5, 5.41) is 2.54. The SMILES string of the molecule is CCOC(=O)/C(=C/Nc1cnsn1)C(=O)c1c(F)cc(F)c(F)c1C. The molecule has 2 rings (SSSR count). The summed E-state index contributed by atoms with van der Waals surface area (Å²) in [7, 11) is 0. The highest BCUT2D eigenvalue weighted by molar-refractivity contribution is 6.99. The molecule has 0 atom stereocenters. The highest BCUT2D eigenvalue weighted by Crippen LogP contribution is 2.23. The van der Waals surface area contributed by atoms with Gasteiger partial charge in [-0.3, -0.25) is 4.79 Å². The fourth-order valence-corrected chi connectivity index (χ4v) is 2.31. The lowest BCUT2D eigenvalue weighted by atomic mass is 9.98. The molecule has 1 N–H and O–H groups in total. The number of hydrogen-bond acceptors (Lipinski definition) is 7. The summed E-state index contributed by atoms with van der Waals surface area (Å²) in [5.74, 6) is -6.05. The molecule has 0 saturated heterocycles. The summed E-state index contributed by atoms with van der Waals surface area (Å²) in [6, 6.07) is 0.246. The van der Waals surface area contributed by atoms with Crippen LogP contribution in [0.25, 0.3) is 0 Å². The van der Waals surface area contributed by atoms with Gasteiger partial charge in [-0.05, 0) is 13.8 Å². The van der Waals surface area contributed by atoms with Crippen LogP contribution in [0.5, 0.6) is 0 Å². The number of aromatic nitrogens is 2. The molecule has 2 aromatic rings. The van der Waals surface area contributed by atoms with Gasteiger partial charge in [0, 0.05) is 17.8 Å². The molecular weight excluding hydrogens is 359 g/mol. The van der Waals surface area contributed by atoms with E-state index in [-0.39, 0.29) is 18.5 Å². The molecule has 0 saturated carbocycles. The Balaban J connectivity index is 2.47. The fourth-order valence-electron chi connectivity index (χ4n) is 1.93. The molecule has 0 aliphatic heterocycles. The van der Waals surface area contributed by atoms with E-state index in [4.69, 9.17) is 4.74 Å². The number of rotatable bonds is 6. The number of anilines is 1. The van der Waals surface area contributed by atoms with Gasteiger partial charge in [-0.1, -0.05) is 0 Å². The molecule has 0 amide bonds. The van der Waals surface area contributed by atoms with Crippen molar-refractivity contribution in [3.05, 3.63) is 52.6 Å². The number of Topliss-reactive ketones (excluding diaryl/α,β-unsaturated/α-hetero) is 1. The van der Waals surface area contributed by atoms with E-state index < -0.39 is 45.9 Å². The van der Waals surface area contributed by atoms with Crippen LogP contribution in [0.15, 0.2) is 24.0 Å². The largest absolute Gasteiger partial charge is 0.462 e. The minimum atomic E-state index is -1.43. The van der Waals surface area contributed by atoms with Crippen LogP contribution in [0, 0.1) is 24.4 Å². The van der Waals surface area contributed by atoms with Crippen LogP contribution in [0.1, 0.15) is 22.8 Å². The van der Waals surface area contributed by atoms with E-state index >= 15 is 0 Å². The van der Waals surface area contributed by atoms with Crippen molar-refractivity contribution in [1.29, 1.82) is 0 Å². The molecule has 0 fully saturated rings. The van der Waals surface area contributed by atoms with E-state index in [0.29, 0.717) is 0 Å². The number of ether oxygens (including phenoxy) is 1. The Bertz CT molecular complexity index is 838. The van der Waals surface area contributed by atoms with Crippen molar-refractivity contribution in [2.75, 3.05) is 11.9 Å². The molecule has 1 aromatic carbocycles. The third-order valence-electron chi connectivity index (χ3n) is 3.10. The van der Waals surface area contributed by atoms with E-state index in [9.17, 15) is 22.8 Å². The standard InChI is InChI=1S/C15H12F3N3O3S/c1-3-24-15(23)8(5-19-11-6-20-25-21-11)14(22)12-7(2)13(18)10(17)4-9(12)16/h4-6H,3H2,1-2H3,(H,19,21)/b8-5+. The second-order valence-corrected chi connectivity index (χ2v) is 5.26. The highest BCUT2D eigenvalue weighted by atomic mass is 32.1. The van der Waals surface area contributed by atoms with Crippen molar-refractivity contribution in [2.24, 2.45) is 0 Å². The van der Waals surface area contributed by atoms with Crippen LogP contribution < -0.4 is 5.32 Å². The lowest BCUT2D eigenvalue weighted by molar-refractivity contribution is -0.138. The maximum Gasteiger partial charge on any atom is 0.343 e. The van der Waals surface area contributed by atoms with Crippen LogP contribution in [0.3, 0.4) is 0 Å². The van der Waals surface area contributed by atoms with E-state index in [0.717, 1.165) is 24.9 Å². The maximum absolute atomic E-state index is 14.0. The number of ketones is 1. The number of nitrogens with zero attached hydrogens (tertiary/aromatic N) is 2. The zero-order valence-corrected chi connectivity index (χ0v) is 13.9. The molecule has 6 nitrogen and oxygen atoms in total. The first-order chi connectivity index (χ1) is 11.9. The smallest absolute Gasteiger partial charge is 0.343 e. The number of nitrogens with one attached hydrogen (secondary N) is 1. The third-order valence-corrected chi connectivity index (χ3v) is 3.58. The van der Waals surface area contributed by atoms with E-state index in [1.807, 2.05) is 0 Å². The normalized spacial score (nSPS) is 11.3. The summed E-state index contributed by atoms with van der Waals surface area (Å²) in [4.78, 5) is 24.6. The zero-order chi connectivity index (χ0) is 18.6. The molecule has 10 heteroatoms. The Morgan fingerprint density at radius 2 is 2.04 bits per heavy atom. The summed E-state index contributed by atoms with van der Waals surface area (Å²) >= 11 is 0.879. The Morgan fingerprint density at radius 1 is 1.32 bits per heavy atom. The monoisotopic (exact) mass is 371 g/mol. The van der Waals surface area contributed by atoms with Gasteiger partial charge in [-0.2, -0.15) is 8.75 Å². The van der Waals surface area contributed by atoms with Crippen molar-refractivity contribution < 1.29 is 27.5 Å². The van der Waals surface area contributed by atoms with Gasteiger partial charge in [0.2, 0.25) is 5.78 Å². The quantitative estimate of drug-likeness (QED) is 0.210. The number of benzene rings is 1. The van der Waals surface area contributed by atoms with Gasteiger partial charge in [-0.25, -0.2) is 18.0 Å². The minimum Gasteiger partial charge on any atom is -0.462 e. The van der Waals surface area contributed by atoms with Gasteiger partial charge in [0.25, 0.3) is 0 Å². The molecule has 0 bridgehead atoms. The number of esters is 1. The number of carbonyl (C=O) groups is 2. The van der Waals surface area contributed by atoms with E-state index in [2.05, 4.69) is 14.1 Å². The second kappa shape index (κ2) is 7.88. The van der Waals surface area contributed by atoms with Crippen molar-refractivity contribution in [3.63, 3.8) is 0 Å². The third kappa shape index (κ3) is 4.02. The zero-order valence-electron chi connectivity index (χ0n) is 13.1. The van der Waals surface area contributed by atoms with Crippen molar-refractivity contribution in [1.82, 2.24) is 8.75 Å². The van der Waals surface area contributed by atoms with Gasteiger partial charge in [0.1, 0.15) is 11.4 Å². The summed E-state index contributed by atoms with van der Waals surface area (Å²) < 4.78 is 53.2. The van der Waals surface area contributed by atoms with Crippen LogP contribution in [0.4, 0.5) is 19.0 Å². The topological polar surface area (TPSA) is 81.2 Å². The van der Waals surface area contributed by atoms with Crippen LogP contribution >= 0.6 is 11.7 Å².